The zero-order chi connectivity index (χ0) is 11.1. The van der Waals surface area contributed by atoms with Gasteiger partial charge in [0.25, 0.3) is 0 Å². The van der Waals surface area contributed by atoms with E-state index in [1.807, 2.05) is 0 Å². The lowest BCUT2D eigenvalue weighted by Crippen LogP contribution is -2.15. The highest BCUT2D eigenvalue weighted by Gasteiger charge is 2.06. The Kier molecular flexibility index (Phi) is 2.19. The minimum Gasteiger partial charge on any atom is -0.0616 e. The van der Waals surface area contributed by atoms with Gasteiger partial charge in [0, 0.05) is 0 Å². The van der Waals surface area contributed by atoms with Crippen LogP contribution >= 0.6 is 0 Å². The normalized spacial score (nSPS) is 11.1. The third-order valence-corrected chi connectivity index (χ3v) is 4.01. The molecule has 0 bridgehead atoms. The summed E-state index contributed by atoms with van der Waals surface area (Å²) in [5.74, 6) is 0. The van der Waals surface area contributed by atoms with Crippen molar-refractivity contribution < 1.29 is 0 Å². The molecular weight excluding hydrogens is 224 g/mol. The first-order chi connectivity index (χ1) is 7.79. The maximum Gasteiger partial charge on any atom is 0.0729 e. The quantitative estimate of drug-likeness (QED) is 0.408. The van der Waals surface area contributed by atoms with Gasteiger partial charge >= 0.3 is 0 Å². The Bertz CT molecular complexity index is 570. The summed E-state index contributed by atoms with van der Waals surface area (Å²) in [6, 6.07) is 16.8. The fourth-order valence-electron chi connectivity index (χ4n) is 2.13. The molecule has 0 aliphatic heterocycles. The molecule has 0 saturated carbocycles. The summed E-state index contributed by atoms with van der Waals surface area (Å²) in [7, 11) is 7.50. The molecule has 3 aromatic rings. The van der Waals surface area contributed by atoms with Crippen LogP contribution in [0.25, 0.3) is 21.5 Å². The Hall–Kier alpha value is -1.39. The van der Waals surface area contributed by atoms with Crippen LogP contribution in [0.15, 0.2) is 48.5 Å². The van der Waals surface area contributed by atoms with Crippen molar-refractivity contribution in [2.45, 2.75) is 0 Å². The highest BCUT2D eigenvalue weighted by Crippen LogP contribution is 2.17. The topological polar surface area (TPSA) is 0 Å². The smallest absolute Gasteiger partial charge is 0.0616 e. The highest BCUT2D eigenvalue weighted by molar-refractivity contribution is 6.53. The molecule has 0 amide bonds. The van der Waals surface area contributed by atoms with E-state index in [1.165, 1.54) is 21.5 Å². The standard InChI is InChI=1S/C14H8Si2/c15-13-9-5-1-2-6-10(9)14(16)12-8-4-3-7-11(12)13/h1-8H. The predicted octanol–water partition coefficient (Wildman–Crippen LogP) is 1.58. The summed E-state index contributed by atoms with van der Waals surface area (Å²) in [6.07, 6.45) is 0. The molecule has 72 valence electrons. The van der Waals surface area contributed by atoms with Crippen molar-refractivity contribution in [1.82, 2.24) is 0 Å². The Morgan fingerprint density at radius 2 is 0.750 bits per heavy atom. The molecule has 0 N–H and O–H groups in total. The van der Waals surface area contributed by atoms with Gasteiger partial charge in [-0.3, -0.25) is 0 Å². The van der Waals surface area contributed by atoms with E-state index >= 15 is 0 Å². The second kappa shape index (κ2) is 3.58. The lowest BCUT2D eigenvalue weighted by Gasteiger charge is -2.11. The molecule has 0 fully saturated rings. The Labute approximate surface area is 101 Å². The van der Waals surface area contributed by atoms with Crippen LogP contribution in [0.3, 0.4) is 0 Å². The van der Waals surface area contributed by atoms with Gasteiger partial charge in [-0.15, -0.1) is 0 Å². The largest absolute Gasteiger partial charge is 0.0729 e. The molecule has 0 aliphatic rings. The molecule has 3 aromatic carbocycles. The Balaban J connectivity index is 2.67. The van der Waals surface area contributed by atoms with Gasteiger partial charge in [-0.1, -0.05) is 58.9 Å². The molecule has 0 heterocycles. The van der Waals surface area contributed by atoms with Crippen molar-refractivity contribution in [1.29, 1.82) is 0 Å². The van der Waals surface area contributed by atoms with Crippen LogP contribution in [0.2, 0.25) is 0 Å². The third kappa shape index (κ3) is 1.27. The summed E-state index contributed by atoms with van der Waals surface area (Å²) in [4.78, 5) is 0. The number of rotatable bonds is 0. The summed E-state index contributed by atoms with van der Waals surface area (Å²) < 4.78 is 0. The SMILES string of the molecule is [Si]c1c2ccccc2c([Si])c2ccccc12. The van der Waals surface area contributed by atoms with Crippen molar-refractivity contribution in [3.05, 3.63) is 48.5 Å². The van der Waals surface area contributed by atoms with Gasteiger partial charge in [0.2, 0.25) is 0 Å². The van der Waals surface area contributed by atoms with Crippen LogP contribution in [0.4, 0.5) is 0 Å². The average molecular weight is 232 g/mol. The first kappa shape index (κ1) is 9.81. The monoisotopic (exact) mass is 232 g/mol. The van der Waals surface area contributed by atoms with E-state index in [1.54, 1.807) is 0 Å². The predicted molar refractivity (Wildman–Crippen MR) is 72.2 cm³/mol. The fraction of sp³-hybridized carbons (Fsp3) is 0. The Morgan fingerprint density at radius 1 is 0.500 bits per heavy atom. The lowest BCUT2D eigenvalue weighted by atomic mass is 10.0. The van der Waals surface area contributed by atoms with Crippen LogP contribution in [0.5, 0.6) is 0 Å². The van der Waals surface area contributed by atoms with Crippen molar-refractivity contribution in [3.8, 4) is 0 Å². The maximum atomic E-state index is 3.75. The molecule has 16 heavy (non-hydrogen) atoms. The van der Waals surface area contributed by atoms with Gasteiger partial charge in [0.1, 0.15) is 0 Å². The molecule has 2 heteroatoms. The van der Waals surface area contributed by atoms with E-state index in [2.05, 4.69) is 69.0 Å². The minimum absolute atomic E-state index is 1.16. The van der Waals surface area contributed by atoms with E-state index < -0.39 is 0 Å². The highest BCUT2D eigenvalue weighted by atomic mass is 28.1. The van der Waals surface area contributed by atoms with Crippen molar-refractivity contribution in [2.24, 2.45) is 0 Å². The molecule has 0 atom stereocenters. The van der Waals surface area contributed by atoms with Crippen LogP contribution in [-0.4, -0.2) is 20.5 Å². The first-order valence-corrected chi connectivity index (χ1v) is 6.15. The summed E-state index contributed by atoms with van der Waals surface area (Å²) in [5, 5.41) is 7.28. The minimum atomic E-state index is 1.16. The molecule has 0 saturated heterocycles. The van der Waals surface area contributed by atoms with E-state index in [4.69, 9.17) is 0 Å². The van der Waals surface area contributed by atoms with Gasteiger partial charge in [-0.25, -0.2) is 0 Å². The van der Waals surface area contributed by atoms with Crippen molar-refractivity contribution >= 4 is 52.4 Å². The van der Waals surface area contributed by atoms with E-state index in [-0.39, 0.29) is 0 Å². The number of benzene rings is 3. The summed E-state index contributed by atoms with van der Waals surface area (Å²) >= 11 is 0. The van der Waals surface area contributed by atoms with Crippen LogP contribution in [0, 0.1) is 0 Å². The van der Waals surface area contributed by atoms with E-state index in [0.717, 1.165) is 10.4 Å². The van der Waals surface area contributed by atoms with Crippen molar-refractivity contribution in [3.63, 3.8) is 0 Å². The van der Waals surface area contributed by atoms with Crippen molar-refractivity contribution in [2.75, 3.05) is 0 Å². The van der Waals surface area contributed by atoms with Crippen LogP contribution in [0.1, 0.15) is 0 Å². The van der Waals surface area contributed by atoms with Gasteiger partial charge in [0.05, 0.1) is 20.5 Å². The lowest BCUT2D eigenvalue weighted by molar-refractivity contribution is 1.80. The zero-order valence-corrected chi connectivity index (χ0v) is 10.6. The average Bonchev–Trinajstić information content (AvgIpc) is 2.36. The summed E-state index contributed by atoms with van der Waals surface area (Å²) in [6.45, 7) is 0. The van der Waals surface area contributed by atoms with E-state index in [0.29, 0.717) is 0 Å². The molecule has 0 unspecified atom stereocenters. The van der Waals surface area contributed by atoms with Gasteiger partial charge in [-0.05, 0) is 21.5 Å². The molecule has 0 spiro atoms. The molecule has 0 aliphatic carbocycles. The number of fused-ring (bicyclic) bond motifs is 2. The van der Waals surface area contributed by atoms with Crippen LogP contribution < -0.4 is 10.4 Å². The second-order valence-electron chi connectivity index (χ2n) is 3.84. The molecule has 6 radical (unpaired) electrons. The number of hydrogen-bond acceptors (Lipinski definition) is 0. The first-order valence-electron chi connectivity index (χ1n) is 5.15. The summed E-state index contributed by atoms with van der Waals surface area (Å²) in [5.41, 5.74) is 0. The molecule has 3 rings (SSSR count). The third-order valence-electron chi connectivity index (χ3n) is 2.93. The molecule has 0 aromatic heterocycles. The fourth-order valence-corrected chi connectivity index (χ4v) is 3.00. The molecular formula is C14H8Si2. The van der Waals surface area contributed by atoms with Gasteiger partial charge in [-0.2, -0.15) is 0 Å². The number of hydrogen-bond donors (Lipinski definition) is 0. The van der Waals surface area contributed by atoms with Crippen LogP contribution in [-0.2, 0) is 0 Å². The van der Waals surface area contributed by atoms with Gasteiger partial charge in [0.15, 0.2) is 0 Å². The van der Waals surface area contributed by atoms with E-state index in [9.17, 15) is 0 Å². The zero-order valence-electron chi connectivity index (χ0n) is 8.62. The van der Waals surface area contributed by atoms with Gasteiger partial charge < -0.3 is 0 Å². The Morgan fingerprint density at radius 3 is 1.00 bits per heavy atom. The second-order valence-corrected chi connectivity index (χ2v) is 4.84. The molecule has 0 nitrogen and oxygen atoms in total. The maximum absolute atomic E-state index is 3.75.